The lowest BCUT2D eigenvalue weighted by Gasteiger charge is -2.22. The molecule has 1 aliphatic rings. The van der Waals surface area contributed by atoms with Crippen LogP contribution in [0.2, 0.25) is 0 Å². The van der Waals surface area contributed by atoms with E-state index in [1.54, 1.807) is 24.3 Å². The third kappa shape index (κ3) is 4.05. The Morgan fingerprint density at radius 3 is 2.79 bits per heavy atom. The molecule has 4 rings (SSSR count). The van der Waals surface area contributed by atoms with Gasteiger partial charge >= 0.3 is 0 Å². The minimum atomic E-state index is -0.347. The number of para-hydroxylation sites is 1. The van der Waals surface area contributed by atoms with Gasteiger partial charge in [0.05, 0.1) is 11.6 Å². The van der Waals surface area contributed by atoms with Gasteiger partial charge in [-0.2, -0.15) is 0 Å². The zero-order chi connectivity index (χ0) is 20.4. The molecule has 1 saturated heterocycles. The number of hydrogen-bond acceptors (Lipinski definition) is 4. The Kier molecular flexibility index (Phi) is 5.14. The lowest BCUT2D eigenvalue weighted by molar-refractivity contribution is -0.122. The zero-order valence-electron chi connectivity index (χ0n) is 15.9. The molecule has 4 N–H and O–H groups in total. The second-order valence-corrected chi connectivity index (χ2v) is 7.28. The van der Waals surface area contributed by atoms with E-state index in [0.717, 1.165) is 24.9 Å². The Labute approximate surface area is 167 Å². The van der Waals surface area contributed by atoms with Crippen LogP contribution in [0.5, 0.6) is 0 Å². The van der Waals surface area contributed by atoms with E-state index in [2.05, 4.69) is 15.2 Å². The molecule has 1 aliphatic heterocycles. The van der Waals surface area contributed by atoms with E-state index >= 15 is 0 Å². The first-order chi connectivity index (χ1) is 14.0. The second kappa shape index (κ2) is 7.89. The molecule has 0 saturated carbocycles. The highest BCUT2D eigenvalue weighted by atomic mass is 16.2. The molecule has 7 nitrogen and oxygen atoms in total. The van der Waals surface area contributed by atoms with Crippen molar-refractivity contribution in [3.8, 4) is 0 Å². The molecule has 0 radical (unpaired) electrons. The molecule has 0 spiro atoms. The molecule has 2 heterocycles. The number of nitrogens with zero attached hydrogens (tertiary/aromatic N) is 1. The fourth-order valence-electron chi connectivity index (χ4n) is 3.91. The molecule has 1 atom stereocenters. The van der Waals surface area contributed by atoms with Gasteiger partial charge in [-0.1, -0.05) is 30.3 Å². The number of fused-ring (bicyclic) bond motifs is 1. The van der Waals surface area contributed by atoms with Gasteiger partial charge in [-0.05, 0) is 43.1 Å². The maximum absolute atomic E-state index is 12.8. The van der Waals surface area contributed by atoms with Crippen LogP contribution >= 0.6 is 0 Å². The van der Waals surface area contributed by atoms with Crippen molar-refractivity contribution in [3.63, 3.8) is 0 Å². The molecule has 0 bridgehead atoms. The van der Waals surface area contributed by atoms with E-state index in [1.165, 1.54) is 6.07 Å². The Balaban J connectivity index is 1.55. The number of carbonyl (C=O) groups excluding carboxylic acids is 2. The molecular weight excluding hydrogens is 368 g/mol. The fraction of sp³-hybridized carbons (Fsp3) is 0.227. The summed E-state index contributed by atoms with van der Waals surface area (Å²) < 4.78 is 0. The van der Waals surface area contributed by atoms with Gasteiger partial charge in [0.25, 0.3) is 5.91 Å². The molecular formula is C22H22N4O3. The summed E-state index contributed by atoms with van der Waals surface area (Å²) in [4.78, 5) is 41.2. The van der Waals surface area contributed by atoms with Gasteiger partial charge in [0.2, 0.25) is 11.5 Å². The number of amides is 2. The van der Waals surface area contributed by atoms with Gasteiger partial charge in [0.15, 0.2) is 0 Å². The lowest BCUT2D eigenvalue weighted by atomic mass is 10.1. The molecule has 2 amide bonds. The van der Waals surface area contributed by atoms with Crippen LogP contribution in [0.15, 0.2) is 59.4 Å². The van der Waals surface area contributed by atoms with Crippen molar-refractivity contribution in [2.24, 2.45) is 5.73 Å². The molecule has 29 heavy (non-hydrogen) atoms. The van der Waals surface area contributed by atoms with E-state index in [1.807, 2.05) is 24.3 Å². The summed E-state index contributed by atoms with van der Waals surface area (Å²) in [5.41, 5.74) is 7.72. The molecule has 0 aliphatic carbocycles. The molecule has 1 fully saturated rings. The molecule has 1 aromatic heterocycles. The summed E-state index contributed by atoms with van der Waals surface area (Å²) in [6, 6.07) is 15.7. The van der Waals surface area contributed by atoms with Gasteiger partial charge in [-0.15, -0.1) is 0 Å². The van der Waals surface area contributed by atoms with Gasteiger partial charge < -0.3 is 16.0 Å². The van der Waals surface area contributed by atoms with Crippen molar-refractivity contribution in [3.05, 3.63) is 76.1 Å². The van der Waals surface area contributed by atoms with Gasteiger partial charge in [-0.3, -0.25) is 19.3 Å². The normalized spacial score (nSPS) is 16.8. The van der Waals surface area contributed by atoms with E-state index in [4.69, 9.17) is 5.73 Å². The van der Waals surface area contributed by atoms with Crippen molar-refractivity contribution in [2.45, 2.75) is 25.4 Å². The van der Waals surface area contributed by atoms with Gasteiger partial charge in [-0.25, -0.2) is 0 Å². The fourth-order valence-corrected chi connectivity index (χ4v) is 3.91. The number of aromatic nitrogens is 1. The first kappa shape index (κ1) is 18.9. The molecule has 2 aromatic carbocycles. The van der Waals surface area contributed by atoms with Crippen LogP contribution < -0.4 is 16.6 Å². The summed E-state index contributed by atoms with van der Waals surface area (Å²) in [6.07, 6.45) is 1.72. The summed E-state index contributed by atoms with van der Waals surface area (Å²) in [5, 5.41) is 3.56. The number of hydrogen-bond donors (Lipinski definition) is 3. The quantitative estimate of drug-likeness (QED) is 0.621. The molecule has 148 valence electrons. The van der Waals surface area contributed by atoms with E-state index < -0.39 is 0 Å². The first-order valence-corrected chi connectivity index (χ1v) is 9.57. The summed E-state index contributed by atoms with van der Waals surface area (Å²) in [7, 11) is 0. The van der Waals surface area contributed by atoms with Crippen LogP contribution in [0.3, 0.4) is 0 Å². The van der Waals surface area contributed by atoms with E-state index in [9.17, 15) is 14.4 Å². The van der Waals surface area contributed by atoms with Crippen molar-refractivity contribution in [2.75, 3.05) is 11.9 Å². The number of likely N-dealkylation sites (tertiary alicyclic amines) is 1. The zero-order valence-corrected chi connectivity index (χ0v) is 15.9. The van der Waals surface area contributed by atoms with E-state index in [-0.39, 0.29) is 23.4 Å². The predicted octanol–water partition coefficient (Wildman–Crippen LogP) is 2.23. The van der Waals surface area contributed by atoms with Gasteiger partial charge in [0, 0.05) is 29.2 Å². The maximum atomic E-state index is 12.8. The lowest BCUT2D eigenvalue weighted by Crippen LogP contribution is -2.39. The number of nitrogens with two attached hydrogens (primary N) is 1. The van der Waals surface area contributed by atoms with Crippen LogP contribution in [0.1, 0.15) is 28.8 Å². The highest BCUT2D eigenvalue weighted by molar-refractivity contribution is 6.12. The monoisotopic (exact) mass is 390 g/mol. The Morgan fingerprint density at radius 1 is 1.14 bits per heavy atom. The number of anilines is 1. The average molecular weight is 390 g/mol. The van der Waals surface area contributed by atoms with Crippen LogP contribution in [-0.2, 0) is 11.3 Å². The third-order valence-corrected chi connectivity index (χ3v) is 5.26. The highest BCUT2D eigenvalue weighted by Gasteiger charge is 2.28. The minimum Gasteiger partial charge on any atom is -0.368 e. The summed E-state index contributed by atoms with van der Waals surface area (Å²) >= 11 is 0. The first-order valence-electron chi connectivity index (χ1n) is 9.57. The number of primary amides is 1. The molecule has 3 aromatic rings. The number of pyridine rings is 1. The number of carbonyl (C=O) groups is 2. The number of H-pyrrole nitrogens is 1. The maximum Gasteiger partial charge on any atom is 0.256 e. The summed E-state index contributed by atoms with van der Waals surface area (Å²) in [5.74, 6) is -0.645. The topological polar surface area (TPSA) is 108 Å². The average Bonchev–Trinajstić information content (AvgIpc) is 3.16. The Morgan fingerprint density at radius 2 is 1.97 bits per heavy atom. The number of benzene rings is 2. The Hall–Kier alpha value is -3.45. The molecule has 1 unspecified atom stereocenters. The second-order valence-electron chi connectivity index (χ2n) is 7.28. The molecule has 7 heteroatoms. The SMILES string of the molecule is NC(=O)C1CCCN1Cc1cccc(NC(=O)c2cc(=O)[nH]c3ccccc23)c1. The largest absolute Gasteiger partial charge is 0.368 e. The standard InChI is InChI=1S/C22H22N4O3/c23-21(28)19-9-4-10-26(19)13-14-5-3-6-15(11-14)24-22(29)17-12-20(27)25-18-8-2-1-7-16(17)18/h1-3,5-8,11-12,19H,4,9-10,13H2,(H2,23,28)(H,24,29)(H,25,27). The minimum absolute atomic E-state index is 0.240. The van der Waals surface area contributed by atoms with E-state index in [0.29, 0.717) is 28.7 Å². The number of aromatic amines is 1. The summed E-state index contributed by atoms with van der Waals surface area (Å²) in [6.45, 7) is 1.41. The highest BCUT2D eigenvalue weighted by Crippen LogP contribution is 2.22. The van der Waals surface area contributed by atoms with Gasteiger partial charge in [0.1, 0.15) is 0 Å². The Bertz CT molecular complexity index is 1140. The van der Waals surface area contributed by atoms with Crippen molar-refractivity contribution < 1.29 is 9.59 Å². The smallest absolute Gasteiger partial charge is 0.256 e. The number of rotatable bonds is 5. The number of nitrogens with one attached hydrogen (secondary N) is 2. The van der Waals surface area contributed by atoms with Crippen LogP contribution in [0.4, 0.5) is 5.69 Å². The predicted molar refractivity (Wildman–Crippen MR) is 112 cm³/mol. The van der Waals surface area contributed by atoms with Crippen LogP contribution in [-0.4, -0.2) is 34.3 Å². The van der Waals surface area contributed by atoms with Crippen LogP contribution in [0.25, 0.3) is 10.9 Å². The third-order valence-electron chi connectivity index (χ3n) is 5.26. The van der Waals surface area contributed by atoms with Crippen LogP contribution in [0, 0.1) is 0 Å². The van der Waals surface area contributed by atoms with Crippen molar-refractivity contribution in [1.29, 1.82) is 0 Å². The van der Waals surface area contributed by atoms with Crippen molar-refractivity contribution >= 4 is 28.4 Å². The van der Waals surface area contributed by atoms with Crippen molar-refractivity contribution in [1.82, 2.24) is 9.88 Å².